The van der Waals surface area contributed by atoms with Crippen molar-refractivity contribution in [2.45, 2.75) is 71.9 Å². The number of nitrogens with one attached hydrogen (secondary N) is 1. The van der Waals surface area contributed by atoms with Crippen LogP contribution >= 0.6 is 0 Å². The molecule has 1 aliphatic heterocycles. The molecule has 0 bridgehead atoms. The van der Waals surface area contributed by atoms with Crippen LogP contribution in [0.25, 0.3) is 22.4 Å². The van der Waals surface area contributed by atoms with Gasteiger partial charge in [0.15, 0.2) is 0 Å². The van der Waals surface area contributed by atoms with Gasteiger partial charge in [0.1, 0.15) is 11.9 Å². The van der Waals surface area contributed by atoms with Gasteiger partial charge >= 0.3 is 5.97 Å². The molecule has 0 amide bonds. The van der Waals surface area contributed by atoms with Crippen molar-refractivity contribution in [3.8, 4) is 11.4 Å². The van der Waals surface area contributed by atoms with Crippen molar-refractivity contribution in [1.29, 1.82) is 0 Å². The lowest BCUT2D eigenvalue weighted by Crippen LogP contribution is -2.45. The standard InChI is InChI=1S/C28H38N4O5/c1-17(2)16-37-28(35)25(19(4)33)29-13-20-8-9-24-23(12-20)30-26(32(24)15-22-7-6-10-36-22)21-11-18(3)27(34)31(5)14-21/h8-9,11-12,14,17,19,22,25,29,33H,6-7,10,13,15-16H2,1-5H3/t19?,22-,25?/m1/s1. The molecule has 2 aromatic heterocycles. The van der Waals surface area contributed by atoms with Crippen LogP contribution in [0.1, 0.15) is 44.7 Å². The second-order valence-electron chi connectivity index (χ2n) is 10.5. The number of aliphatic hydroxyl groups is 1. The molecule has 9 heteroatoms. The Labute approximate surface area is 217 Å². The highest BCUT2D eigenvalue weighted by Gasteiger charge is 2.25. The molecule has 2 unspecified atom stereocenters. The lowest BCUT2D eigenvalue weighted by atomic mass is 10.1. The van der Waals surface area contributed by atoms with Crippen LogP contribution in [-0.2, 0) is 34.4 Å². The van der Waals surface area contributed by atoms with Crippen molar-refractivity contribution in [2.24, 2.45) is 13.0 Å². The number of benzene rings is 1. The number of imidazole rings is 1. The molecule has 0 radical (unpaired) electrons. The SMILES string of the molecule is Cc1cc(-c2nc3cc(CNC(C(=O)OCC(C)C)C(C)O)ccc3n2C[C@H]2CCCO2)cn(C)c1=O. The lowest BCUT2D eigenvalue weighted by Gasteiger charge is -2.20. The molecule has 3 heterocycles. The topological polar surface area (TPSA) is 108 Å². The number of ether oxygens (including phenoxy) is 2. The molecule has 37 heavy (non-hydrogen) atoms. The molecule has 2 N–H and O–H groups in total. The normalized spacial score (nSPS) is 17.4. The molecule has 1 fully saturated rings. The zero-order valence-corrected chi connectivity index (χ0v) is 22.4. The van der Waals surface area contributed by atoms with Crippen molar-refractivity contribution in [2.75, 3.05) is 13.2 Å². The summed E-state index contributed by atoms with van der Waals surface area (Å²) < 4.78 is 15.0. The molecule has 1 aliphatic rings. The van der Waals surface area contributed by atoms with Gasteiger partial charge < -0.3 is 23.7 Å². The molecule has 1 saturated heterocycles. The van der Waals surface area contributed by atoms with E-state index in [9.17, 15) is 14.7 Å². The summed E-state index contributed by atoms with van der Waals surface area (Å²) in [5, 5.41) is 13.3. The van der Waals surface area contributed by atoms with E-state index >= 15 is 0 Å². The first kappa shape index (κ1) is 27.0. The van der Waals surface area contributed by atoms with E-state index in [-0.39, 0.29) is 17.6 Å². The van der Waals surface area contributed by atoms with Gasteiger partial charge in [-0.05, 0) is 56.4 Å². The van der Waals surface area contributed by atoms with E-state index in [2.05, 4.69) is 9.88 Å². The monoisotopic (exact) mass is 510 g/mol. The molecule has 0 saturated carbocycles. The van der Waals surface area contributed by atoms with Crippen LogP contribution in [0.15, 0.2) is 35.3 Å². The smallest absolute Gasteiger partial charge is 0.325 e. The van der Waals surface area contributed by atoms with Gasteiger partial charge in [-0.1, -0.05) is 19.9 Å². The van der Waals surface area contributed by atoms with E-state index in [0.29, 0.717) is 25.3 Å². The molecule has 4 rings (SSSR count). The van der Waals surface area contributed by atoms with Gasteiger partial charge in [0.05, 0.1) is 36.4 Å². The molecule has 0 aliphatic carbocycles. The number of carbonyl (C=O) groups excluding carboxylic acids is 1. The fourth-order valence-electron chi connectivity index (χ4n) is 4.70. The van der Waals surface area contributed by atoms with Crippen LogP contribution in [0, 0.1) is 12.8 Å². The highest BCUT2D eigenvalue weighted by molar-refractivity contribution is 5.81. The molecule has 9 nitrogen and oxygen atoms in total. The number of hydrogen-bond acceptors (Lipinski definition) is 7. The van der Waals surface area contributed by atoms with E-state index < -0.39 is 18.1 Å². The Morgan fingerprint density at radius 2 is 2.08 bits per heavy atom. The summed E-state index contributed by atoms with van der Waals surface area (Å²) in [6.45, 7) is 9.45. The van der Waals surface area contributed by atoms with Gasteiger partial charge in [-0.25, -0.2) is 4.98 Å². The van der Waals surface area contributed by atoms with Crippen LogP contribution in [0.5, 0.6) is 0 Å². The number of fused-ring (bicyclic) bond motifs is 1. The van der Waals surface area contributed by atoms with E-state index in [1.165, 1.54) is 0 Å². The number of aromatic nitrogens is 3. The van der Waals surface area contributed by atoms with Crippen LogP contribution in [-0.4, -0.2) is 56.7 Å². The minimum Gasteiger partial charge on any atom is -0.464 e. The summed E-state index contributed by atoms with van der Waals surface area (Å²) in [5.41, 5.74) is 4.22. The quantitative estimate of drug-likeness (QED) is 0.404. The Morgan fingerprint density at radius 3 is 2.73 bits per heavy atom. The highest BCUT2D eigenvalue weighted by atomic mass is 16.5. The summed E-state index contributed by atoms with van der Waals surface area (Å²) in [7, 11) is 1.75. The largest absolute Gasteiger partial charge is 0.464 e. The molecule has 3 atom stereocenters. The van der Waals surface area contributed by atoms with E-state index in [4.69, 9.17) is 14.5 Å². The lowest BCUT2D eigenvalue weighted by molar-refractivity contribution is -0.150. The van der Waals surface area contributed by atoms with Gasteiger partial charge in [0.25, 0.3) is 5.56 Å². The third kappa shape index (κ3) is 6.29. The number of rotatable bonds is 10. The predicted octanol–water partition coefficient (Wildman–Crippen LogP) is 2.93. The Balaban J connectivity index is 1.63. The summed E-state index contributed by atoms with van der Waals surface area (Å²) in [5.74, 6) is 0.544. The van der Waals surface area contributed by atoms with Gasteiger partial charge in [-0.2, -0.15) is 0 Å². The van der Waals surface area contributed by atoms with Gasteiger partial charge in [0.2, 0.25) is 0 Å². The number of esters is 1. The predicted molar refractivity (Wildman–Crippen MR) is 142 cm³/mol. The Hall–Kier alpha value is -3.01. The van der Waals surface area contributed by atoms with Crippen molar-refractivity contribution in [3.63, 3.8) is 0 Å². The number of aryl methyl sites for hydroxylation is 2. The number of aliphatic hydroxyl groups excluding tert-OH is 1. The molecule has 3 aromatic rings. The van der Waals surface area contributed by atoms with Crippen molar-refractivity contribution in [3.05, 3.63) is 51.9 Å². The number of carbonyl (C=O) groups is 1. The van der Waals surface area contributed by atoms with Crippen LogP contribution < -0.4 is 10.9 Å². The Morgan fingerprint density at radius 1 is 1.30 bits per heavy atom. The molecule has 1 aromatic carbocycles. The molecule has 0 spiro atoms. The zero-order chi connectivity index (χ0) is 26.7. The number of pyridine rings is 1. The Kier molecular flexibility index (Phi) is 8.46. The van der Waals surface area contributed by atoms with Gasteiger partial charge in [0, 0.05) is 37.5 Å². The van der Waals surface area contributed by atoms with Crippen molar-refractivity contribution >= 4 is 17.0 Å². The molecular formula is C28H38N4O5. The molecular weight excluding hydrogens is 472 g/mol. The van der Waals surface area contributed by atoms with E-state index in [1.807, 2.05) is 51.2 Å². The minimum atomic E-state index is -0.895. The summed E-state index contributed by atoms with van der Waals surface area (Å²) in [4.78, 5) is 29.7. The van der Waals surface area contributed by atoms with E-state index in [0.717, 1.165) is 47.4 Å². The Bertz CT molecular complexity index is 1280. The van der Waals surface area contributed by atoms with Crippen molar-refractivity contribution < 1.29 is 19.4 Å². The average molecular weight is 511 g/mol. The first-order valence-corrected chi connectivity index (χ1v) is 13.0. The maximum Gasteiger partial charge on any atom is 0.325 e. The third-order valence-electron chi connectivity index (χ3n) is 6.66. The summed E-state index contributed by atoms with van der Waals surface area (Å²) in [6, 6.07) is 7.08. The number of nitrogens with zero attached hydrogens (tertiary/aromatic N) is 3. The van der Waals surface area contributed by atoms with E-state index in [1.54, 1.807) is 18.5 Å². The second-order valence-corrected chi connectivity index (χ2v) is 10.5. The van der Waals surface area contributed by atoms with Crippen molar-refractivity contribution in [1.82, 2.24) is 19.4 Å². The second kappa shape index (κ2) is 11.6. The van der Waals surface area contributed by atoms with Crippen LogP contribution in [0.2, 0.25) is 0 Å². The summed E-state index contributed by atoms with van der Waals surface area (Å²) in [6.07, 6.45) is 3.09. The fourth-order valence-corrected chi connectivity index (χ4v) is 4.70. The van der Waals surface area contributed by atoms with Gasteiger partial charge in [-0.3, -0.25) is 14.9 Å². The zero-order valence-electron chi connectivity index (χ0n) is 22.4. The number of hydrogen-bond donors (Lipinski definition) is 2. The third-order valence-corrected chi connectivity index (χ3v) is 6.66. The maximum atomic E-state index is 12.5. The van der Waals surface area contributed by atoms with Crippen LogP contribution in [0.4, 0.5) is 0 Å². The first-order valence-electron chi connectivity index (χ1n) is 13.0. The maximum absolute atomic E-state index is 12.5. The minimum absolute atomic E-state index is 0.0292. The van der Waals surface area contributed by atoms with Crippen LogP contribution in [0.3, 0.4) is 0 Å². The molecule has 200 valence electrons. The first-order chi connectivity index (χ1) is 17.6. The van der Waals surface area contributed by atoms with Gasteiger partial charge in [-0.15, -0.1) is 0 Å². The summed E-state index contributed by atoms with van der Waals surface area (Å²) >= 11 is 0. The average Bonchev–Trinajstić information content (AvgIpc) is 3.49. The fraction of sp³-hybridized carbons (Fsp3) is 0.536. The highest BCUT2D eigenvalue weighted by Crippen LogP contribution is 2.28.